The van der Waals surface area contributed by atoms with E-state index < -0.39 is 0 Å². The molecule has 0 amide bonds. The molecule has 0 spiro atoms. The maximum absolute atomic E-state index is 5.79. The number of nitrogens with zero attached hydrogens (tertiary/aromatic N) is 2. The van der Waals surface area contributed by atoms with Gasteiger partial charge < -0.3 is 10.5 Å². The third kappa shape index (κ3) is 3.26. The Hall–Kier alpha value is -2.10. The molecule has 1 aromatic heterocycles. The molecule has 4 heteroatoms. The van der Waals surface area contributed by atoms with Crippen molar-refractivity contribution in [2.45, 2.75) is 40.0 Å². The molecule has 4 nitrogen and oxygen atoms in total. The smallest absolute Gasteiger partial charge is 0.224 e. The van der Waals surface area contributed by atoms with Gasteiger partial charge in [0.15, 0.2) is 0 Å². The molecule has 0 saturated heterocycles. The molecule has 0 aliphatic rings. The van der Waals surface area contributed by atoms with E-state index in [-0.39, 0.29) is 0 Å². The van der Waals surface area contributed by atoms with E-state index in [4.69, 9.17) is 10.5 Å². The standard InChI is InChI=1S/C16H21N3O/c1-5-15-18-14(17)9-16(19-15)20-12-6-7-13(10(2)3)11(4)8-12/h6-10H,5H2,1-4H3,(H2,17,18,19). The molecule has 0 aliphatic heterocycles. The zero-order valence-electron chi connectivity index (χ0n) is 12.5. The molecule has 1 heterocycles. The summed E-state index contributed by atoms with van der Waals surface area (Å²) in [5.74, 6) is 2.89. The van der Waals surface area contributed by atoms with Gasteiger partial charge in [-0.1, -0.05) is 26.8 Å². The highest BCUT2D eigenvalue weighted by Gasteiger charge is 2.07. The van der Waals surface area contributed by atoms with Crippen molar-refractivity contribution in [2.75, 3.05) is 5.73 Å². The highest BCUT2D eigenvalue weighted by molar-refractivity contribution is 5.40. The lowest BCUT2D eigenvalue weighted by Crippen LogP contribution is -2.00. The van der Waals surface area contributed by atoms with Crippen molar-refractivity contribution in [1.82, 2.24) is 9.97 Å². The Morgan fingerprint density at radius 3 is 2.55 bits per heavy atom. The van der Waals surface area contributed by atoms with Crippen molar-refractivity contribution >= 4 is 5.82 Å². The van der Waals surface area contributed by atoms with E-state index in [1.807, 2.05) is 19.1 Å². The van der Waals surface area contributed by atoms with Crippen LogP contribution in [0.1, 0.15) is 43.6 Å². The van der Waals surface area contributed by atoms with Gasteiger partial charge in [-0.25, -0.2) is 4.98 Å². The van der Waals surface area contributed by atoms with E-state index in [0.29, 0.717) is 23.4 Å². The summed E-state index contributed by atoms with van der Waals surface area (Å²) in [7, 11) is 0. The van der Waals surface area contributed by atoms with Gasteiger partial charge in [-0.2, -0.15) is 4.98 Å². The van der Waals surface area contributed by atoms with Crippen LogP contribution in [0.15, 0.2) is 24.3 Å². The van der Waals surface area contributed by atoms with Gasteiger partial charge in [0.2, 0.25) is 5.88 Å². The maximum atomic E-state index is 5.79. The largest absolute Gasteiger partial charge is 0.439 e. The number of nitrogens with two attached hydrogens (primary N) is 1. The van der Waals surface area contributed by atoms with Gasteiger partial charge in [-0.3, -0.25) is 0 Å². The van der Waals surface area contributed by atoms with Crippen LogP contribution in [0.4, 0.5) is 5.82 Å². The van der Waals surface area contributed by atoms with E-state index >= 15 is 0 Å². The molecular formula is C16H21N3O. The van der Waals surface area contributed by atoms with Crippen molar-refractivity contribution in [2.24, 2.45) is 0 Å². The highest BCUT2D eigenvalue weighted by atomic mass is 16.5. The molecule has 0 bridgehead atoms. The van der Waals surface area contributed by atoms with Gasteiger partial charge in [0.25, 0.3) is 0 Å². The summed E-state index contributed by atoms with van der Waals surface area (Å²) in [5.41, 5.74) is 8.30. The predicted molar refractivity (Wildman–Crippen MR) is 81.2 cm³/mol. The first-order valence-electron chi connectivity index (χ1n) is 6.91. The van der Waals surface area contributed by atoms with Crippen LogP contribution >= 0.6 is 0 Å². The minimum atomic E-state index is 0.433. The number of aryl methyl sites for hydroxylation is 2. The zero-order chi connectivity index (χ0) is 14.7. The molecule has 0 fully saturated rings. The first-order chi connectivity index (χ1) is 9.49. The van der Waals surface area contributed by atoms with Crippen molar-refractivity contribution in [1.29, 1.82) is 0 Å². The third-order valence-electron chi connectivity index (χ3n) is 3.17. The van der Waals surface area contributed by atoms with Crippen LogP contribution in [0.2, 0.25) is 0 Å². The molecule has 0 aliphatic carbocycles. The van der Waals surface area contributed by atoms with Crippen LogP contribution in [-0.2, 0) is 6.42 Å². The summed E-state index contributed by atoms with van der Waals surface area (Å²) >= 11 is 0. The van der Waals surface area contributed by atoms with Crippen LogP contribution in [0, 0.1) is 6.92 Å². The van der Waals surface area contributed by atoms with Crippen LogP contribution in [0.3, 0.4) is 0 Å². The fraction of sp³-hybridized carbons (Fsp3) is 0.375. The Bertz CT molecular complexity index is 609. The lowest BCUT2D eigenvalue weighted by Gasteiger charge is -2.12. The fourth-order valence-corrected chi connectivity index (χ4v) is 2.18. The average molecular weight is 271 g/mol. The summed E-state index contributed by atoms with van der Waals surface area (Å²) in [6, 6.07) is 7.73. The number of nitrogen functional groups attached to an aromatic ring is 1. The van der Waals surface area contributed by atoms with E-state index in [1.54, 1.807) is 6.07 Å². The van der Waals surface area contributed by atoms with E-state index in [9.17, 15) is 0 Å². The van der Waals surface area contributed by atoms with Crippen molar-refractivity contribution < 1.29 is 4.74 Å². The lowest BCUT2D eigenvalue weighted by atomic mass is 9.98. The SMILES string of the molecule is CCc1nc(N)cc(Oc2ccc(C(C)C)c(C)c2)n1. The second-order valence-corrected chi connectivity index (χ2v) is 5.18. The number of aromatic nitrogens is 2. The average Bonchev–Trinajstić information content (AvgIpc) is 2.37. The minimum Gasteiger partial charge on any atom is -0.439 e. The molecule has 0 unspecified atom stereocenters. The summed E-state index contributed by atoms with van der Waals surface area (Å²) in [6.45, 7) is 8.44. The molecular weight excluding hydrogens is 250 g/mol. The molecule has 20 heavy (non-hydrogen) atoms. The molecule has 2 rings (SSSR count). The summed E-state index contributed by atoms with van der Waals surface area (Å²) < 4.78 is 5.79. The van der Waals surface area contributed by atoms with Gasteiger partial charge in [-0.05, 0) is 36.1 Å². The number of ether oxygens (including phenoxy) is 1. The first-order valence-corrected chi connectivity index (χ1v) is 6.91. The second kappa shape index (κ2) is 5.90. The summed E-state index contributed by atoms with van der Waals surface area (Å²) in [5, 5.41) is 0. The Morgan fingerprint density at radius 2 is 1.95 bits per heavy atom. The Labute approximate surface area is 120 Å². The Morgan fingerprint density at radius 1 is 1.20 bits per heavy atom. The topological polar surface area (TPSA) is 61.0 Å². The van der Waals surface area contributed by atoms with E-state index in [2.05, 4.69) is 36.8 Å². The maximum Gasteiger partial charge on any atom is 0.224 e. The van der Waals surface area contributed by atoms with Crippen molar-refractivity contribution in [3.8, 4) is 11.6 Å². The summed E-state index contributed by atoms with van der Waals surface area (Å²) in [4.78, 5) is 8.46. The van der Waals surface area contributed by atoms with Crippen LogP contribution in [0.25, 0.3) is 0 Å². The van der Waals surface area contributed by atoms with Crippen LogP contribution < -0.4 is 10.5 Å². The minimum absolute atomic E-state index is 0.433. The quantitative estimate of drug-likeness (QED) is 0.917. The van der Waals surface area contributed by atoms with Crippen LogP contribution in [-0.4, -0.2) is 9.97 Å². The normalized spacial score (nSPS) is 10.8. The van der Waals surface area contributed by atoms with Gasteiger partial charge in [-0.15, -0.1) is 0 Å². The molecule has 2 N–H and O–H groups in total. The van der Waals surface area contributed by atoms with Crippen molar-refractivity contribution in [3.05, 3.63) is 41.2 Å². The molecule has 0 saturated carbocycles. The van der Waals surface area contributed by atoms with E-state index in [0.717, 1.165) is 12.2 Å². The number of rotatable bonds is 4. The Balaban J connectivity index is 2.26. The molecule has 0 radical (unpaired) electrons. The molecule has 106 valence electrons. The highest BCUT2D eigenvalue weighted by Crippen LogP contribution is 2.26. The molecule has 0 atom stereocenters. The first kappa shape index (κ1) is 14.3. The zero-order valence-corrected chi connectivity index (χ0v) is 12.5. The number of hydrogen-bond donors (Lipinski definition) is 1. The number of benzene rings is 1. The summed E-state index contributed by atoms with van der Waals surface area (Å²) in [6.07, 6.45) is 0.729. The number of anilines is 1. The van der Waals surface area contributed by atoms with Crippen LogP contribution in [0.5, 0.6) is 11.6 Å². The van der Waals surface area contributed by atoms with Gasteiger partial charge in [0.05, 0.1) is 0 Å². The molecule has 1 aromatic carbocycles. The van der Waals surface area contributed by atoms with Gasteiger partial charge in [0, 0.05) is 12.5 Å². The predicted octanol–water partition coefficient (Wildman–Crippen LogP) is 3.85. The third-order valence-corrected chi connectivity index (χ3v) is 3.17. The molecule has 2 aromatic rings. The number of hydrogen-bond acceptors (Lipinski definition) is 4. The Kier molecular flexibility index (Phi) is 4.23. The monoisotopic (exact) mass is 271 g/mol. The van der Waals surface area contributed by atoms with Gasteiger partial charge in [0.1, 0.15) is 17.4 Å². The van der Waals surface area contributed by atoms with Gasteiger partial charge >= 0.3 is 0 Å². The van der Waals surface area contributed by atoms with E-state index in [1.165, 1.54) is 11.1 Å². The second-order valence-electron chi connectivity index (χ2n) is 5.18. The van der Waals surface area contributed by atoms with Crippen molar-refractivity contribution in [3.63, 3.8) is 0 Å². The fourth-order valence-electron chi connectivity index (χ4n) is 2.18. The lowest BCUT2D eigenvalue weighted by molar-refractivity contribution is 0.458.